The molecule has 0 saturated carbocycles. The molecule has 0 aromatic rings. The molecule has 0 aromatic heterocycles. The summed E-state index contributed by atoms with van der Waals surface area (Å²) in [7, 11) is 0. The minimum Gasteiger partial charge on any atom is -0.464 e. The SMILES string of the molecule is CCOC(=O)C1(C(C)O)CCCN1C(=O)OC(C)(C)C. The molecule has 1 aliphatic rings. The maximum Gasteiger partial charge on any atom is 0.411 e. The van der Waals surface area contributed by atoms with Gasteiger partial charge in [0.05, 0.1) is 12.7 Å². The first-order valence-electron chi connectivity index (χ1n) is 7.01. The van der Waals surface area contributed by atoms with Gasteiger partial charge in [0.1, 0.15) is 5.60 Å². The van der Waals surface area contributed by atoms with E-state index < -0.39 is 29.3 Å². The number of ether oxygens (including phenoxy) is 2. The molecular weight excluding hydrogens is 262 g/mol. The minimum absolute atomic E-state index is 0.204. The zero-order chi connectivity index (χ0) is 15.6. The largest absolute Gasteiger partial charge is 0.464 e. The fraction of sp³-hybridized carbons (Fsp3) is 0.857. The molecule has 0 bridgehead atoms. The average molecular weight is 287 g/mol. The van der Waals surface area contributed by atoms with Gasteiger partial charge in [0.15, 0.2) is 5.54 Å². The van der Waals surface area contributed by atoms with E-state index in [-0.39, 0.29) is 6.61 Å². The Morgan fingerprint density at radius 1 is 1.40 bits per heavy atom. The van der Waals surface area contributed by atoms with E-state index in [9.17, 15) is 14.7 Å². The number of rotatable bonds is 3. The molecule has 20 heavy (non-hydrogen) atoms. The summed E-state index contributed by atoms with van der Waals surface area (Å²) < 4.78 is 10.4. The number of carbonyl (C=O) groups is 2. The topological polar surface area (TPSA) is 76.1 Å². The number of aliphatic hydroxyl groups is 1. The van der Waals surface area contributed by atoms with Gasteiger partial charge in [-0.05, 0) is 47.5 Å². The van der Waals surface area contributed by atoms with Crippen LogP contribution in [0.1, 0.15) is 47.5 Å². The van der Waals surface area contributed by atoms with Crippen molar-refractivity contribution in [1.29, 1.82) is 0 Å². The van der Waals surface area contributed by atoms with Crippen molar-refractivity contribution in [2.24, 2.45) is 0 Å². The minimum atomic E-state index is -1.33. The smallest absolute Gasteiger partial charge is 0.411 e. The average Bonchev–Trinajstić information content (AvgIpc) is 2.72. The van der Waals surface area contributed by atoms with Gasteiger partial charge in [-0.25, -0.2) is 9.59 Å². The summed E-state index contributed by atoms with van der Waals surface area (Å²) in [6.45, 7) is 9.05. The first kappa shape index (κ1) is 16.8. The summed E-state index contributed by atoms with van der Waals surface area (Å²) in [5, 5.41) is 10.1. The van der Waals surface area contributed by atoms with E-state index in [1.165, 1.54) is 11.8 Å². The summed E-state index contributed by atoms with van der Waals surface area (Å²) in [5.41, 5.74) is -1.99. The molecule has 1 N–H and O–H groups in total. The molecule has 1 fully saturated rings. The quantitative estimate of drug-likeness (QED) is 0.800. The highest BCUT2D eigenvalue weighted by atomic mass is 16.6. The molecule has 1 rings (SSSR count). The molecule has 2 unspecified atom stereocenters. The Bertz CT molecular complexity index is 374. The zero-order valence-corrected chi connectivity index (χ0v) is 12.9. The second-order valence-corrected chi connectivity index (χ2v) is 6.06. The highest BCUT2D eigenvalue weighted by Crippen LogP contribution is 2.35. The Kier molecular flexibility index (Phi) is 5.02. The van der Waals surface area contributed by atoms with Crippen LogP contribution in [0, 0.1) is 0 Å². The lowest BCUT2D eigenvalue weighted by molar-refractivity contribution is -0.162. The van der Waals surface area contributed by atoms with Crippen LogP contribution in [0.2, 0.25) is 0 Å². The van der Waals surface area contributed by atoms with Gasteiger partial charge < -0.3 is 14.6 Å². The van der Waals surface area contributed by atoms with Gasteiger partial charge >= 0.3 is 12.1 Å². The van der Waals surface area contributed by atoms with Gasteiger partial charge in [0, 0.05) is 6.54 Å². The van der Waals surface area contributed by atoms with E-state index >= 15 is 0 Å². The van der Waals surface area contributed by atoms with Crippen LogP contribution in [0.5, 0.6) is 0 Å². The van der Waals surface area contributed by atoms with E-state index in [1.54, 1.807) is 27.7 Å². The van der Waals surface area contributed by atoms with Gasteiger partial charge in [0.2, 0.25) is 0 Å². The molecule has 1 saturated heterocycles. The summed E-state index contributed by atoms with van der Waals surface area (Å²) in [4.78, 5) is 25.8. The molecule has 0 aliphatic carbocycles. The number of esters is 1. The van der Waals surface area contributed by atoms with Crippen LogP contribution in [0.25, 0.3) is 0 Å². The predicted octanol–water partition coefficient (Wildman–Crippen LogP) is 1.70. The summed E-state index contributed by atoms with van der Waals surface area (Å²) in [5.74, 6) is -0.571. The standard InChI is InChI=1S/C14H25NO5/c1-6-19-11(17)14(10(2)16)8-7-9-15(14)12(18)20-13(3,4)5/h10,16H,6-9H2,1-5H3. The fourth-order valence-corrected chi connectivity index (χ4v) is 2.49. The highest BCUT2D eigenvalue weighted by Gasteiger charge is 2.55. The molecule has 1 aliphatic heterocycles. The van der Waals surface area contributed by atoms with Gasteiger partial charge in [-0.3, -0.25) is 4.90 Å². The molecule has 116 valence electrons. The normalized spacial score (nSPS) is 24.4. The monoisotopic (exact) mass is 287 g/mol. The number of carbonyl (C=O) groups excluding carboxylic acids is 2. The molecule has 2 atom stereocenters. The van der Waals surface area contributed by atoms with E-state index in [0.29, 0.717) is 19.4 Å². The molecule has 0 aromatic carbocycles. The van der Waals surface area contributed by atoms with Crippen molar-refractivity contribution in [2.75, 3.05) is 13.2 Å². The number of hydrogen-bond donors (Lipinski definition) is 1. The van der Waals surface area contributed by atoms with Gasteiger partial charge in [-0.2, -0.15) is 0 Å². The van der Waals surface area contributed by atoms with Crippen molar-refractivity contribution in [3.05, 3.63) is 0 Å². The zero-order valence-electron chi connectivity index (χ0n) is 12.9. The van der Waals surface area contributed by atoms with Crippen LogP contribution in [-0.2, 0) is 14.3 Å². The van der Waals surface area contributed by atoms with Gasteiger partial charge in [-0.1, -0.05) is 0 Å². The van der Waals surface area contributed by atoms with E-state index in [0.717, 1.165) is 0 Å². The second-order valence-electron chi connectivity index (χ2n) is 6.06. The van der Waals surface area contributed by atoms with E-state index in [4.69, 9.17) is 9.47 Å². The Balaban J connectivity index is 3.04. The number of hydrogen-bond acceptors (Lipinski definition) is 5. The molecule has 0 radical (unpaired) electrons. The lowest BCUT2D eigenvalue weighted by Crippen LogP contribution is -2.60. The molecule has 6 heteroatoms. The third-order valence-corrected chi connectivity index (χ3v) is 3.36. The third-order valence-electron chi connectivity index (χ3n) is 3.36. The van der Waals surface area contributed by atoms with E-state index in [1.807, 2.05) is 0 Å². The number of amides is 1. The number of nitrogens with zero attached hydrogens (tertiary/aromatic N) is 1. The Morgan fingerprint density at radius 3 is 2.45 bits per heavy atom. The third kappa shape index (κ3) is 3.23. The van der Waals surface area contributed by atoms with Crippen molar-refractivity contribution < 1.29 is 24.2 Å². The van der Waals surface area contributed by atoms with Gasteiger partial charge in [-0.15, -0.1) is 0 Å². The Morgan fingerprint density at radius 2 is 2.00 bits per heavy atom. The summed E-state index contributed by atoms with van der Waals surface area (Å²) in [6.07, 6.45) is -0.605. The summed E-state index contributed by atoms with van der Waals surface area (Å²) in [6, 6.07) is 0. The first-order chi connectivity index (χ1) is 9.15. The lowest BCUT2D eigenvalue weighted by atomic mass is 9.90. The van der Waals surface area contributed by atoms with E-state index in [2.05, 4.69) is 0 Å². The fourth-order valence-electron chi connectivity index (χ4n) is 2.49. The Hall–Kier alpha value is -1.30. The van der Waals surface area contributed by atoms with Crippen molar-refractivity contribution in [2.45, 2.75) is 64.7 Å². The van der Waals surface area contributed by atoms with Crippen LogP contribution < -0.4 is 0 Å². The molecule has 6 nitrogen and oxygen atoms in total. The number of aliphatic hydroxyl groups excluding tert-OH is 1. The highest BCUT2D eigenvalue weighted by molar-refractivity contribution is 5.87. The first-order valence-corrected chi connectivity index (χ1v) is 7.01. The maximum absolute atomic E-state index is 12.3. The molecular formula is C14H25NO5. The van der Waals surface area contributed by atoms with Crippen molar-refractivity contribution in [3.8, 4) is 0 Å². The summed E-state index contributed by atoms with van der Waals surface area (Å²) >= 11 is 0. The molecule has 1 heterocycles. The Labute approximate surface area is 120 Å². The lowest BCUT2D eigenvalue weighted by Gasteiger charge is -2.38. The molecule has 1 amide bonds. The van der Waals surface area contributed by atoms with Crippen LogP contribution in [-0.4, -0.2) is 52.5 Å². The van der Waals surface area contributed by atoms with Crippen LogP contribution in [0.3, 0.4) is 0 Å². The van der Waals surface area contributed by atoms with Crippen molar-refractivity contribution in [3.63, 3.8) is 0 Å². The number of likely N-dealkylation sites (tertiary alicyclic amines) is 1. The van der Waals surface area contributed by atoms with Crippen LogP contribution in [0.4, 0.5) is 4.79 Å². The second kappa shape index (κ2) is 5.99. The maximum atomic E-state index is 12.3. The predicted molar refractivity (Wildman–Crippen MR) is 73.2 cm³/mol. The van der Waals surface area contributed by atoms with Crippen molar-refractivity contribution in [1.82, 2.24) is 4.90 Å². The van der Waals surface area contributed by atoms with Crippen molar-refractivity contribution >= 4 is 12.1 Å². The molecule has 0 spiro atoms. The van der Waals surface area contributed by atoms with Crippen LogP contribution >= 0.6 is 0 Å². The van der Waals surface area contributed by atoms with Gasteiger partial charge in [0.25, 0.3) is 0 Å². The van der Waals surface area contributed by atoms with Crippen LogP contribution in [0.15, 0.2) is 0 Å².